The number of carbonyl (C=O) groups is 1. The first-order chi connectivity index (χ1) is 5.24. The van der Waals surface area contributed by atoms with Crippen molar-refractivity contribution in [3.05, 3.63) is 24.8 Å². The molecule has 0 aliphatic heterocycles. The molecule has 0 bridgehead atoms. The third-order valence-electron chi connectivity index (χ3n) is 1.01. The van der Waals surface area contributed by atoms with E-state index in [1.165, 1.54) is 12.2 Å². The van der Waals surface area contributed by atoms with E-state index < -0.39 is 12.1 Å². The molecule has 1 atom stereocenters. The Bertz CT molecular complexity index is 161. The molecule has 0 aromatic carbocycles. The average Bonchev–Trinajstić information content (AvgIpc) is 2.01. The van der Waals surface area contributed by atoms with Gasteiger partial charge in [0.25, 0.3) is 0 Å². The number of esters is 1. The second kappa shape index (κ2) is 5.68. The molecule has 0 amide bonds. The van der Waals surface area contributed by atoms with Gasteiger partial charge in [-0.1, -0.05) is 12.7 Å². The van der Waals surface area contributed by atoms with Crippen molar-refractivity contribution < 1.29 is 14.6 Å². The molecule has 1 N–H and O–H groups in total. The molecular formula is C8H12O3. The Morgan fingerprint density at radius 1 is 1.82 bits per heavy atom. The number of hydrogen-bond donors (Lipinski definition) is 1. The molecule has 1 unspecified atom stereocenters. The fourth-order valence-electron chi connectivity index (χ4n) is 0.484. The van der Waals surface area contributed by atoms with Gasteiger partial charge in [0.1, 0.15) is 6.10 Å². The molecule has 0 fully saturated rings. The van der Waals surface area contributed by atoms with Crippen LogP contribution >= 0.6 is 0 Å². The lowest BCUT2D eigenvalue weighted by atomic mass is 10.4. The Hall–Kier alpha value is -1.09. The Balaban J connectivity index is 3.81. The number of allylic oxidation sites excluding steroid dienone is 1. The van der Waals surface area contributed by atoms with E-state index >= 15 is 0 Å². The van der Waals surface area contributed by atoms with Crippen molar-refractivity contribution in [2.75, 3.05) is 6.61 Å². The first-order valence-corrected chi connectivity index (χ1v) is 3.31. The zero-order valence-corrected chi connectivity index (χ0v) is 6.49. The molecule has 0 heterocycles. The minimum absolute atomic E-state index is 0.229. The number of ether oxygens (including phenoxy) is 1. The van der Waals surface area contributed by atoms with Crippen LogP contribution < -0.4 is 0 Å². The van der Waals surface area contributed by atoms with Gasteiger partial charge in [0.15, 0.2) is 0 Å². The summed E-state index contributed by atoms with van der Waals surface area (Å²) < 4.78 is 4.70. The van der Waals surface area contributed by atoms with E-state index in [2.05, 4.69) is 6.58 Å². The summed E-state index contributed by atoms with van der Waals surface area (Å²) in [5.41, 5.74) is 0. The minimum Gasteiger partial charge on any atom is -0.453 e. The van der Waals surface area contributed by atoms with Gasteiger partial charge in [-0.15, -0.1) is 0 Å². The lowest BCUT2D eigenvalue weighted by Crippen LogP contribution is -2.17. The maximum absolute atomic E-state index is 10.7. The Kier molecular flexibility index (Phi) is 5.11. The van der Waals surface area contributed by atoms with Crippen LogP contribution in [0.4, 0.5) is 0 Å². The topological polar surface area (TPSA) is 46.5 Å². The molecule has 0 aliphatic rings. The van der Waals surface area contributed by atoms with Crippen LogP contribution in [0.1, 0.15) is 6.92 Å². The number of carbonyl (C=O) groups excluding carboxylic acids is 1. The van der Waals surface area contributed by atoms with E-state index in [0.717, 1.165) is 0 Å². The fourth-order valence-corrected chi connectivity index (χ4v) is 0.484. The number of aliphatic hydroxyl groups is 1. The summed E-state index contributed by atoms with van der Waals surface area (Å²) in [4.78, 5) is 10.7. The number of hydrogen-bond acceptors (Lipinski definition) is 3. The maximum atomic E-state index is 10.7. The number of aliphatic hydroxyl groups excluding tert-OH is 1. The van der Waals surface area contributed by atoms with Crippen LogP contribution in [0.5, 0.6) is 0 Å². The first-order valence-electron chi connectivity index (χ1n) is 3.31. The first kappa shape index (κ1) is 9.91. The predicted molar refractivity (Wildman–Crippen MR) is 42.0 cm³/mol. The van der Waals surface area contributed by atoms with Gasteiger partial charge >= 0.3 is 5.97 Å². The molecule has 3 nitrogen and oxygen atoms in total. The van der Waals surface area contributed by atoms with Crippen molar-refractivity contribution in [2.45, 2.75) is 13.0 Å². The van der Waals surface area contributed by atoms with Crippen LogP contribution in [-0.4, -0.2) is 23.8 Å². The van der Waals surface area contributed by atoms with Gasteiger partial charge < -0.3 is 9.84 Å². The van der Waals surface area contributed by atoms with E-state index in [0.29, 0.717) is 0 Å². The second-order valence-electron chi connectivity index (χ2n) is 1.89. The summed E-state index contributed by atoms with van der Waals surface area (Å²) in [6.45, 7) is 4.87. The van der Waals surface area contributed by atoms with Crippen molar-refractivity contribution in [1.82, 2.24) is 0 Å². The second-order valence-corrected chi connectivity index (χ2v) is 1.89. The van der Waals surface area contributed by atoms with Crippen molar-refractivity contribution in [2.24, 2.45) is 0 Å². The molecule has 0 aromatic rings. The largest absolute Gasteiger partial charge is 0.453 e. The summed E-state index contributed by atoms with van der Waals surface area (Å²) in [7, 11) is 0. The molecule has 0 rings (SSSR count). The van der Waals surface area contributed by atoms with Crippen LogP contribution in [0.25, 0.3) is 0 Å². The van der Waals surface area contributed by atoms with Gasteiger partial charge in [-0.05, 0) is 13.0 Å². The Morgan fingerprint density at radius 2 is 2.45 bits per heavy atom. The van der Waals surface area contributed by atoms with Crippen LogP contribution in [0.3, 0.4) is 0 Å². The monoisotopic (exact) mass is 156 g/mol. The van der Waals surface area contributed by atoms with Gasteiger partial charge in [0.2, 0.25) is 0 Å². The molecule has 0 aliphatic carbocycles. The molecular weight excluding hydrogens is 144 g/mol. The van der Waals surface area contributed by atoms with Gasteiger partial charge in [0, 0.05) is 6.08 Å². The lowest BCUT2D eigenvalue weighted by molar-refractivity contribution is -0.142. The van der Waals surface area contributed by atoms with E-state index in [1.54, 1.807) is 13.0 Å². The predicted octanol–water partition coefficient (Wildman–Crippen LogP) is 0.653. The minimum atomic E-state index is -0.598. The summed E-state index contributed by atoms with van der Waals surface area (Å²) in [5.74, 6) is -0.466. The highest BCUT2D eigenvalue weighted by atomic mass is 16.5. The molecule has 62 valence electrons. The van der Waals surface area contributed by atoms with Crippen molar-refractivity contribution >= 4 is 5.97 Å². The van der Waals surface area contributed by atoms with E-state index in [4.69, 9.17) is 9.84 Å². The summed E-state index contributed by atoms with van der Waals surface area (Å²) in [5, 5.41) is 8.57. The summed E-state index contributed by atoms with van der Waals surface area (Å²) in [6, 6.07) is 0. The van der Waals surface area contributed by atoms with Crippen molar-refractivity contribution in [3.63, 3.8) is 0 Å². The summed E-state index contributed by atoms with van der Waals surface area (Å²) in [6.07, 6.45) is 3.63. The van der Waals surface area contributed by atoms with E-state index in [9.17, 15) is 4.79 Å². The highest BCUT2D eigenvalue weighted by Crippen LogP contribution is 1.93. The van der Waals surface area contributed by atoms with Crippen molar-refractivity contribution in [1.29, 1.82) is 0 Å². The summed E-state index contributed by atoms with van der Waals surface area (Å²) >= 11 is 0. The molecule has 3 heteroatoms. The smallest absolute Gasteiger partial charge is 0.331 e. The maximum Gasteiger partial charge on any atom is 0.331 e. The SMILES string of the molecule is C=CC(CO)OC(=O)/C=C/C. The third-order valence-corrected chi connectivity index (χ3v) is 1.01. The van der Waals surface area contributed by atoms with Gasteiger partial charge in [-0.2, -0.15) is 0 Å². The lowest BCUT2D eigenvalue weighted by Gasteiger charge is -2.07. The molecule has 0 saturated heterocycles. The Morgan fingerprint density at radius 3 is 2.82 bits per heavy atom. The van der Waals surface area contributed by atoms with Gasteiger partial charge in [-0.25, -0.2) is 4.79 Å². The van der Waals surface area contributed by atoms with E-state index in [1.807, 2.05) is 0 Å². The van der Waals surface area contributed by atoms with Crippen LogP contribution in [0.2, 0.25) is 0 Å². The highest BCUT2D eigenvalue weighted by Gasteiger charge is 2.05. The normalized spacial score (nSPS) is 12.9. The van der Waals surface area contributed by atoms with E-state index in [-0.39, 0.29) is 6.61 Å². The van der Waals surface area contributed by atoms with Gasteiger partial charge in [-0.3, -0.25) is 0 Å². The molecule has 0 spiro atoms. The standard InChI is InChI=1S/C8H12O3/c1-3-5-8(10)11-7(4-2)6-9/h3-5,7,9H,2,6H2,1H3/b5-3+. The van der Waals surface area contributed by atoms with Crippen LogP contribution in [0.15, 0.2) is 24.8 Å². The van der Waals surface area contributed by atoms with Crippen molar-refractivity contribution in [3.8, 4) is 0 Å². The molecule has 11 heavy (non-hydrogen) atoms. The molecule has 0 aromatic heterocycles. The quantitative estimate of drug-likeness (QED) is 0.369. The zero-order valence-electron chi connectivity index (χ0n) is 6.49. The van der Waals surface area contributed by atoms with Crippen LogP contribution in [0, 0.1) is 0 Å². The zero-order chi connectivity index (χ0) is 8.69. The molecule has 0 saturated carbocycles. The average molecular weight is 156 g/mol. The van der Waals surface area contributed by atoms with Crippen LogP contribution in [-0.2, 0) is 9.53 Å². The fraction of sp³-hybridized carbons (Fsp3) is 0.375. The Labute approximate surface area is 66.0 Å². The highest BCUT2D eigenvalue weighted by molar-refractivity contribution is 5.82. The third kappa shape index (κ3) is 4.33. The molecule has 0 radical (unpaired) electrons. The van der Waals surface area contributed by atoms with Gasteiger partial charge in [0.05, 0.1) is 6.61 Å². The number of rotatable bonds is 4.